The summed E-state index contributed by atoms with van der Waals surface area (Å²) >= 11 is 0. The van der Waals surface area contributed by atoms with E-state index in [0.29, 0.717) is 12.0 Å². The summed E-state index contributed by atoms with van der Waals surface area (Å²) < 4.78 is 25.8. The van der Waals surface area contributed by atoms with Crippen LogP contribution in [0.2, 0.25) is 0 Å². The van der Waals surface area contributed by atoms with E-state index in [2.05, 4.69) is 12.0 Å². The Morgan fingerprint density at radius 3 is 2.62 bits per heavy atom. The third-order valence-electron chi connectivity index (χ3n) is 2.41. The van der Waals surface area contributed by atoms with Crippen molar-refractivity contribution in [1.29, 1.82) is 0 Å². The van der Waals surface area contributed by atoms with Gasteiger partial charge in [-0.2, -0.15) is 0 Å². The van der Waals surface area contributed by atoms with Crippen LogP contribution in [0.5, 0.6) is 0 Å². The Morgan fingerprint density at radius 2 is 2.12 bits per heavy atom. The zero-order valence-corrected chi connectivity index (χ0v) is 9.26. The standard InChI is InChI=1S/C12H16F2N2/c1-8(2)3-6-12(16-15)9-4-5-10(13)11(14)7-9/h4-5,7,12,16H,1,3,6,15H2,2H3. The summed E-state index contributed by atoms with van der Waals surface area (Å²) in [5.74, 6) is 3.68. The van der Waals surface area contributed by atoms with Crippen molar-refractivity contribution in [2.45, 2.75) is 25.8 Å². The highest BCUT2D eigenvalue weighted by Gasteiger charge is 2.12. The van der Waals surface area contributed by atoms with Crippen LogP contribution in [0.3, 0.4) is 0 Å². The van der Waals surface area contributed by atoms with Crippen molar-refractivity contribution in [3.8, 4) is 0 Å². The molecule has 88 valence electrons. The summed E-state index contributed by atoms with van der Waals surface area (Å²) in [6, 6.07) is 3.61. The quantitative estimate of drug-likeness (QED) is 0.460. The van der Waals surface area contributed by atoms with Gasteiger partial charge in [-0.3, -0.25) is 11.3 Å². The molecule has 16 heavy (non-hydrogen) atoms. The Kier molecular flexibility index (Phi) is 4.58. The molecule has 0 spiro atoms. The number of halogens is 2. The van der Waals surface area contributed by atoms with Gasteiger partial charge in [0.25, 0.3) is 0 Å². The lowest BCUT2D eigenvalue weighted by molar-refractivity contribution is 0.488. The molecule has 0 aliphatic heterocycles. The lowest BCUT2D eigenvalue weighted by atomic mass is 10.0. The third-order valence-corrected chi connectivity index (χ3v) is 2.41. The van der Waals surface area contributed by atoms with Gasteiger partial charge in [-0.15, -0.1) is 6.58 Å². The van der Waals surface area contributed by atoms with Gasteiger partial charge in [-0.25, -0.2) is 8.78 Å². The van der Waals surface area contributed by atoms with Gasteiger partial charge in [0, 0.05) is 6.04 Å². The van der Waals surface area contributed by atoms with Crippen LogP contribution >= 0.6 is 0 Å². The van der Waals surface area contributed by atoms with E-state index >= 15 is 0 Å². The molecule has 0 amide bonds. The molecule has 0 aliphatic rings. The van der Waals surface area contributed by atoms with E-state index < -0.39 is 11.6 Å². The van der Waals surface area contributed by atoms with Gasteiger partial charge in [0.2, 0.25) is 0 Å². The lowest BCUT2D eigenvalue weighted by Crippen LogP contribution is -2.28. The van der Waals surface area contributed by atoms with Crippen LogP contribution in [0.15, 0.2) is 30.4 Å². The van der Waals surface area contributed by atoms with Crippen molar-refractivity contribution in [3.05, 3.63) is 47.5 Å². The Hall–Kier alpha value is -1.26. The van der Waals surface area contributed by atoms with Crippen LogP contribution in [0.25, 0.3) is 0 Å². The highest BCUT2D eigenvalue weighted by Crippen LogP contribution is 2.21. The average molecular weight is 226 g/mol. The maximum Gasteiger partial charge on any atom is 0.159 e. The van der Waals surface area contributed by atoms with E-state index in [1.165, 1.54) is 6.07 Å². The lowest BCUT2D eigenvalue weighted by Gasteiger charge is -2.16. The zero-order valence-electron chi connectivity index (χ0n) is 9.26. The molecule has 2 nitrogen and oxygen atoms in total. The van der Waals surface area contributed by atoms with Crippen LogP contribution in [-0.2, 0) is 0 Å². The van der Waals surface area contributed by atoms with E-state index in [-0.39, 0.29) is 6.04 Å². The molecule has 0 radical (unpaired) electrons. The highest BCUT2D eigenvalue weighted by atomic mass is 19.2. The monoisotopic (exact) mass is 226 g/mol. The molecular weight excluding hydrogens is 210 g/mol. The van der Waals surface area contributed by atoms with Crippen molar-refractivity contribution in [2.24, 2.45) is 5.84 Å². The van der Waals surface area contributed by atoms with Crippen LogP contribution < -0.4 is 11.3 Å². The Balaban J connectivity index is 2.78. The molecule has 1 aromatic rings. The molecule has 0 bridgehead atoms. The molecule has 1 atom stereocenters. The summed E-state index contributed by atoms with van der Waals surface area (Å²) in [5.41, 5.74) is 4.26. The van der Waals surface area contributed by atoms with Crippen molar-refractivity contribution in [2.75, 3.05) is 0 Å². The molecule has 0 saturated heterocycles. The van der Waals surface area contributed by atoms with Crippen LogP contribution in [0.4, 0.5) is 8.78 Å². The maximum absolute atomic E-state index is 13.0. The first-order valence-corrected chi connectivity index (χ1v) is 5.10. The first-order chi connectivity index (χ1) is 7.54. The second kappa shape index (κ2) is 5.72. The molecule has 0 heterocycles. The van der Waals surface area contributed by atoms with Gasteiger partial charge in [0.1, 0.15) is 0 Å². The van der Waals surface area contributed by atoms with Gasteiger partial charge < -0.3 is 0 Å². The molecule has 0 fully saturated rings. The minimum atomic E-state index is -0.854. The number of hydrazine groups is 1. The van der Waals surface area contributed by atoms with Crippen LogP contribution in [-0.4, -0.2) is 0 Å². The van der Waals surface area contributed by atoms with Crippen molar-refractivity contribution >= 4 is 0 Å². The minimum Gasteiger partial charge on any atom is -0.271 e. The number of hydrogen-bond acceptors (Lipinski definition) is 2. The molecule has 1 aromatic carbocycles. The Morgan fingerprint density at radius 1 is 1.44 bits per heavy atom. The van der Waals surface area contributed by atoms with Crippen molar-refractivity contribution in [3.63, 3.8) is 0 Å². The van der Waals surface area contributed by atoms with Crippen LogP contribution in [0.1, 0.15) is 31.4 Å². The summed E-state index contributed by atoms with van der Waals surface area (Å²) in [5, 5.41) is 0. The van der Waals surface area contributed by atoms with Crippen molar-refractivity contribution < 1.29 is 8.78 Å². The van der Waals surface area contributed by atoms with Crippen molar-refractivity contribution in [1.82, 2.24) is 5.43 Å². The number of nitrogens with two attached hydrogens (primary N) is 1. The molecule has 3 N–H and O–H groups in total. The number of nitrogens with one attached hydrogen (secondary N) is 1. The Labute approximate surface area is 94.1 Å². The Bertz CT molecular complexity index is 377. The van der Waals surface area contributed by atoms with Crippen LogP contribution in [0, 0.1) is 11.6 Å². The number of hydrogen-bond donors (Lipinski definition) is 2. The minimum absolute atomic E-state index is 0.188. The van der Waals surface area contributed by atoms with Gasteiger partial charge in [0.05, 0.1) is 0 Å². The molecule has 1 unspecified atom stereocenters. The molecule has 0 aromatic heterocycles. The fourth-order valence-corrected chi connectivity index (χ4v) is 1.47. The van der Waals surface area contributed by atoms with E-state index in [4.69, 9.17) is 5.84 Å². The average Bonchev–Trinajstić information content (AvgIpc) is 2.23. The summed E-state index contributed by atoms with van der Waals surface area (Å²) in [4.78, 5) is 0. The van der Waals surface area contributed by atoms with Gasteiger partial charge in [-0.05, 0) is 37.5 Å². The highest BCUT2D eigenvalue weighted by molar-refractivity contribution is 5.21. The fraction of sp³-hybridized carbons (Fsp3) is 0.333. The number of rotatable bonds is 5. The molecule has 0 aliphatic carbocycles. The topological polar surface area (TPSA) is 38.0 Å². The summed E-state index contributed by atoms with van der Waals surface area (Å²) in [6.45, 7) is 5.70. The van der Waals surface area contributed by atoms with Gasteiger partial charge in [-0.1, -0.05) is 11.6 Å². The summed E-state index contributed by atoms with van der Waals surface area (Å²) in [6.07, 6.45) is 1.49. The smallest absolute Gasteiger partial charge is 0.159 e. The summed E-state index contributed by atoms with van der Waals surface area (Å²) in [7, 11) is 0. The SMILES string of the molecule is C=C(C)CCC(NN)c1ccc(F)c(F)c1. The van der Waals surface area contributed by atoms with E-state index in [1.807, 2.05) is 6.92 Å². The molecular formula is C12H16F2N2. The predicted octanol–water partition coefficient (Wildman–Crippen LogP) is 2.83. The number of benzene rings is 1. The molecule has 4 heteroatoms. The number of allylic oxidation sites excluding steroid dienone is 1. The van der Waals surface area contributed by atoms with E-state index in [9.17, 15) is 8.78 Å². The third kappa shape index (κ3) is 3.40. The second-order valence-corrected chi connectivity index (χ2v) is 3.89. The predicted molar refractivity (Wildman–Crippen MR) is 60.5 cm³/mol. The fourth-order valence-electron chi connectivity index (χ4n) is 1.47. The first kappa shape index (κ1) is 12.8. The largest absolute Gasteiger partial charge is 0.271 e. The van der Waals surface area contributed by atoms with Gasteiger partial charge in [0.15, 0.2) is 11.6 Å². The normalized spacial score (nSPS) is 12.5. The second-order valence-electron chi connectivity index (χ2n) is 3.89. The van der Waals surface area contributed by atoms with E-state index in [1.54, 1.807) is 0 Å². The molecule has 0 saturated carbocycles. The first-order valence-electron chi connectivity index (χ1n) is 5.10. The zero-order chi connectivity index (χ0) is 12.1. The maximum atomic E-state index is 13.0. The van der Waals surface area contributed by atoms with Gasteiger partial charge >= 0.3 is 0 Å². The van der Waals surface area contributed by atoms with E-state index in [0.717, 1.165) is 24.1 Å². The molecule has 1 rings (SSSR count).